The third-order valence-corrected chi connectivity index (χ3v) is 4.08. The summed E-state index contributed by atoms with van der Waals surface area (Å²) in [5, 5.41) is 0. The van der Waals surface area contributed by atoms with Gasteiger partial charge < -0.3 is 0 Å². The van der Waals surface area contributed by atoms with Crippen LogP contribution in [0.5, 0.6) is 0 Å². The molecule has 2 heteroatoms. The number of allylic oxidation sites excluding steroid dienone is 1. The Hall–Kier alpha value is -1.96. The molecule has 0 aromatic heterocycles. The largest absolute Gasteiger partial charge is 0.207 e. The predicted octanol–water partition coefficient (Wildman–Crippen LogP) is 5.73. The molecule has 0 unspecified atom stereocenters. The summed E-state index contributed by atoms with van der Waals surface area (Å²) in [5.74, 6) is -0.461. The van der Waals surface area contributed by atoms with Crippen LogP contribution in [0.15, 0.2) is 54.1 Å². The van der Waals surface area contributed by atoms with E-state index in [0.717, 1.165) is 29.5 Å². The van der Waals surface area contributed by atoms with E-state index < -0.39 is 0 Å². The summed E-state index contributed by atoms with van der Waals surface area (Å²) in [7, 11) is 0. The molecule has 0 aliphatic heterocycles. The van der Waals surface area contributed by atoms with Crippen molar-refractivity contribution < 1.29 is 8.78 Å². The van der Waals surface area contributed by atoms with Gasteiger partial charge in [-0.1, -0.05) is 36.3 Å². The van der Waals surface area contributed by atoms with E-state index in [-0.39, 0.29) is 11.6 Å². The highest BCUT2D eigenvalue weighted by Crippen LogP contribution is 2.35. The molecule has 1 fully saturated rings. The molecule has 21 heavy (non-hydrogen) atoms. The van der Waals surface area contributed by atoms with Crippen molar-refractivity contribution in [3.05, 3.63) is 76.9 Å². The van der Waals surface area contributed by atoms with Crippen LogP contribution in [0.2, 0.25) is 0 Å². The Balaban J connectivity index is 2.10. The smallest absolute Gasteiger partial charge is 0.123 e. The van der Waals surface area contributed by atoms with Crippen LogP contribution in [0.1, 0.15) is 43.2 Å². The lowest BCUT2D eigenvalue weighted by Crippen LogP contribution is -2.00. The highest BCUT2D eigenvalue weighted by molar-refractivity contribution is 5.82. The zero-order valence-electron chi connectivity index (χ0n) is 11.9. The van der Waals surface area contributed by atoms with Crippen LogP contribution in [-0.2, 0) is 0 Å². The van der Waals surface area contributed by atoms with Gasteiger partial charge in [0.2, 0.25) is 0 Å². The van der Waals surface area contributed by atoms with Crippen LogP contribution < -0.4 is 0 Å². The zero-order valence-corrected chi connectivity index (χ0v) is 11.9. The average molecular weight is 284 g/mol. The fraction of sp³-hybridized carbons (Fsp3) is 0.263. The molecule has 0 bridgehead atoms. The minimum atomic E-state index is -0.231. The van der Waals surface area contributed by atoms with Gasteiger partial charge in [0.1, 0.15) is 11.6 Å². The van der Waals surface area contributed by atoms with Gasteiger partial charge in [-0.3, -0.25) is 0 Å². The number of hydrogen-bond donors (Lipinski definition) is 0. The van der Waals surface area contributed by atoms with E-state index in [4.69, 9.17) is 0 Å². The molecule has 0 radical (unpaired) electrons. The summed E-state index contributed by atoms with van der Waals surface area (Å²) >= 11 is 0. The topological polar surface area (TPSA) is 0 Å². The Bertz CT molecular complexity index is 581. The van der Waals surface area contributed by atoms with Crippen LogP contribution in [-0.4, -0.2) is 0 Å². The van der Waals surface area contributed by atoms with E-state index in [9.17, 15) is 8.78 Å². The molecule has 2 aromatic carbocycles. The van der Waals surface area contributed by atoms with E-state index in [0.29, 0.717) is 0 Å². The maximum Gasteiger partial charge on any atom is 0.123 e. The van der Waals surface area contributed by atoms with E-state index in [2.05, 4.69) is 0 Å². The van der Waals surface area contributed by atoms with Gasteiger partial charge in [0.25, 0.3) is 0 Å². The molecule has 108 valence electrons. The minimum Gasteiger partial charge on any atom is -0.207 e. The van der Waals surface area contributed by atoms with Crippen molar-refractivity contribution in [3.63, 3.8) is 0 Å². The molecule has 1 saturated carbocycles. The van der Waals surface area contributed by atoms with Gasteiger partial charge >= 0.3 is 0 Å². The van der Waals surface area contributed by atoms with Crippen LogP contribution in [0, 0.1) is 11.6 Å². The number of hydrogen-bond acceptors (Lipinski definition) is 0. The van der Waals surface area contributed by atoms with Crippen LogP contribution in [0.25, 0.3) is 5.57 Å². The first kappa shape index (κ1) is 14.0. The Morgan fingerprint density at radius 3 is 1.48 bits per heavy atom. The summed E-state index contributed by atoms with van der Waals surface area (Å²) in [6.45, 7) is 0. The Labute approximate surface area is 124 Å². The molecule has 0 N–H and O–H groups in total. The van der Waals surface area contributed by atoms with Crippen LogP contribution in [0.3, 0.4) is 0 Å². The highest BCUT2D eigenvalue weighted by Gasteiger charge is 2.15. The van der Waals surface area contributed by atoms with Crippen molar-refractivity contribution in [2.24, 2.45) is 0 Å². The van der Waals surface area contributed by atoms with Crippen molar-refractivity contribution in [1.29, 1.82) is 0 Å². The standard InChI is InChI=1S/C19H18F2/c20-17-10-6-15(7-11-17)19(14-4-2-1-3-5-14)16-8-12-18(21)13-9-16/h6-13H,1-5H2. The molecule has 0 atom stereocenters. The Morgan fingerprint density at radius 2 is 1.05 bits per heavy atom. The zero-order chi connectivity index (χ0) is 14.7. The second kappa shape index (κ2) is 6.21. The number of rotatable bonds is 2. The molecule has 0 nitrogen and oxygen atoms in total. The first-order chi connectivity index (χ1) is 10.2. The van der Waals surface area contributed by atoms with E-state index in [1.807, 2.05) is 24.3 Å². The first-order valence-electron chi connectivity index (χ1n) is 7.48. The lowest BCUT2D eigenvalue weighted by atomic mass is 9.85. The summed E-state index contributed by atoms with van der Waals surface area (Å²) in [4.78, 5) is 0. The predicted molar refractivity (Wildman–Crippen MR) is 81.9 cm³/mol. The molecule has 0 spiro atoms. The van der Waals surface area contributed by atoms with Crippen molar-refractivity contribution in [2.75, 3.05) is 0 Å². The SMILES string of the molecule is Fc1ccc(C(=C2CCCCC2)c2ccc(F)cc2)cc1. The molecule has 1 aliphatic rings. The normalized spacial score (nSPS) is 15.0. The van der Waals surface area contributed by atoms with Gasteiger partial charge in [0, 0.05) is 0 Å². The van der Waals surface area contributed by atoms with Crippen LogP contribution >= 0.6 is 0 Å². The average Bonchev–Trinajstić information content (AvgIpc) is 2.52. The van der Waals surface area contributed by atoms with Gasteiger partial charge in [-0.25, -0.2) is 8.78 Å². The maximum atomic E-state index is 13.2. The molecule has 0 saturated heterocycles. The Kier molecular flexibility index (Phi) is 4.14. The molecule has 3 rings (SSSR count). The highest BCUT2D eigenvalue weighted by atomic mass is 19.1. The second-order valence-corrected chi connectivity index (χ2v) is 5.55. The van der Waals surface area contributed by atoms with Crippen molar-refractivity contribution in [2.45, 2.75) is 32.1 Å². The van der Waals surface area contributed by atoms with Crippen molar-refractivity contribution >= 4 is 5.57 Å². The monoisotopic (exact) mass is 284 g/mol. The van der Waals surface area contributed by atoms with Crippen molar-refractivity contribution in [1.82, 2.24) is 0 Å². The summed E-state index contributed by atoms with van der Waals surface area (Å²) in [6.07, 6.45) is 5.81. The quantitative estimate of drug-likeness (QED) is 0.660. The third-order valence-electron chi connectivity index (χ3n) is 4.08. The maximum absolute atomic E-state index is 13.2. The minimum absolute atomic E-state index is 0.231. The van der Waals surface area contributed by atoms with Gasteiger partial charge in [-0.05, 0) is 66.6 Å². The second-order valence-electron chi connectivity index (χ2n) is 5.55. The summed E-state index contributed by atoms with van der Waals surface area (Å²) < 4.78 is 26.4. The lowest BCUT2D eigenvalue weighted by molar-refractivity contribution is 0.600. The van der Waals surface area contributed by atoms with Crippen molar-refractivity contribution in [3.8, 4) is 0 Å². The first-order valence-corrected chi connectivity index (χ1v) is 7.48. The van der Waals surface area contributed by atoms with Gasteiger partial charge in [0.05, 0.1) is 0 Å². The molecule has 2 aromatic rings. The third kappa shape index (κ3) is 3.21. The number of benzene rings is 2. The van der Waals surface area contributed by atoms with E-state index in [1.54, 1.807) is 0 Å². The number of halogens is 2. The van der Waals surface area contributed by atoms with Gasteiger partial charge in [0.15, 0.2) is 0 Å². The lowest BCUT2D eigenvalue weighted by Gasteiger charge is -2.20. The summed E-state index contributed by atoms with van der Waals surface area (Å²) in [6, 6.07) is 13.2. The molecular formula is C19H18F2. The fourth-order valence-electron chi connectivity index (χ4n) is 3.04. The summed E-state index contributed by atoms with van der Waals surface area (Å²) in [5.41, 5.74) is 4.58. The van der Waals surface area contributed by atoms with Gasteiger partial charge in [-0.2, -0.15) is 0 Å². The molecular weight excluding hydrogens is 266 g/mol. The van der Waals surface area contributed by atoms with Crippen LogP contribution in [0.4, 0.5) is 8.78 Å². The van der Waals surface area contributed by atoms with E-state index in [1.165, 1.54) is 49.1 Å². The van der Waals surface area contributed by atoms with Gasteiger partial charge in [-0.15, -0.1) is 0 Å². The Morgan fingerprint density at radius 1 is 0.619 bits per heavy atom. The molecule has 1 aliphatic carbocycles. The molecule has 0 amide bonds. The molecule has 0 heterocycles. The van der Waals surface area contributed by atoms with E-state index >= 15 is 0 Å². The fourth-order valence-corrected chi connectivity index (χ4v) is 3.04.